The second-order valence-corrected chi connectivity index (χ2v) is 14.2. The van der Waals surface area contributed by atoms with Crippen LogP contribution in [-0.2, 0) is 28.6 Å². The summed E-state index contributed by atoms with van der Waals surface area (Å²) >= 11 is 0. The number of aliphatic carboxylic acids is 1. The molecule has 0 fully saturated rings. The Morgan fingerprint density at radius 2 is 0.940 bits per heavy atom. The quantitative estimate of drug-likeness (QED) is 0.0385. The first-order valence-electron chi connectivity index (χ1n) is 24.9. The number of carbonyl (C=O) groups is 3. The zero-order valence-electron chi connectivity index (χ0n) is 41.1. The van der Waals surface area contributed by atoms with E-state index in [9.17, 15) is 19.5 Å². The summed E-state index contributed by atoms with van der Waals surface area (Å²) in [6, 6.07) is -2.42. The normalized spacial score (nSPS) is 16.3. The number of likely N-dealkylation sites (N-methyl/N-ethyl adjacent to an activating group) is 1. The van der Waals surface area contributed by atoms with Crippen LogP contribution in [0.3, 0.4) is 0 Å². The maximum atomic E-state index is 12.8. The van der Waals surface area contributed by atoms with Gasteiger partial charge in [0.1, 0.15) is 6.61 Å². The van der Waals surface area contributed by atoms with E-state index in [0.29, 0.717) is 12.8 Å². The number of hydrogen-bond donors (Lipinski definition) is 1. The van der Waals surface area contributed by atoms with E-state index in [0.717, 1.165) is 44.9 Å². The molecule has 0 aliphatic heterocycles. The molecule has 0 aromatic rings. The summed E-state index contributed by atoms with van der Waals surface area (Å²) in [5, 5.41) is 9.93. The Hall–Kier alpha value is -1.67. The van der Waals surface area contributed by atoms with Crippen molar-refractivity contribution >= 4 is 17.9 Å². The van der Waals surface area contributed by atoms with Crippen molar-refractivity contribution in [3.63, 3.8) is 0 Å². The fourth-order valence-electron chi connectivity index (χ4n) is 6.09. The van der Waals surface area contributed by atoms with Gasteiger partial charge >= 0.3 is 17.9 Å². The lowest BCUT2D eigenvalue weighted by atomic mass is 10.0. The van der Waals surface area contributed by atoms with Gasteiger partial charge in [-0.2, -0.15) is 0 Å². The van der Waals surface area contributed by atoms with Gasteiger partial charge in [0.15, 0.2) is 12.1 Å². The molecule has 0 aromatic heterocycles. The van der Waals surface area contributed by atoms with E-state index in [-0.39, 0.29) is 26.1 Å². The highest BCUT2D eigenvalue weighted by Gasteiger charge is 2.31. The number of quaternary nitrogens is 1. The molecule has 1 N–H and O–H groups in total. The Kier molecular flexibility index (Phi) is 23.5. The third kappa shape index (κ3) is 32.3. The van der Waals surface area contributed by atoms with Crippen LogP contribution in [0, 0.1) is 0 Å². The molecule has 0 radical (unpaired) electrons. The average Bonchev–Trinajstić information content (AvgIpc) is 3.13. The SMILES string of the molecule is [2H]C([2H])([2H])[N+](C(CCOC[C@@H](COC(=O)CCCCCCCCCCCCCCC)OC(=O)CCCCCCCCCCCCCCC)C(=O)O)(C([2H])([2H])[2H])C([2H])([2H])[2H]. The first-order valence-corrected chi connectivity index (χ1v) is 20.4. The van der Waals surface area contributed by atoms with Crippen molar-refractivity contribution in [1.29, 1.82) is 0 Å². The number of carboxylic acid groups (broad SMARTS) is 1. The lowest BCUT2D eigenvalue weighted by Gasteiger charge is -2.31. The van der Waals surface area contributed by atoms with Gasteiger partial charge in [0.05, 0.1) is 46.5 Å². The molecule has 8 nitrogen and oxygen atoms in total. The molecule has 0 amide bonds. The number of carbonyl (C=O) groups excluding carboxylic acids is 2. The zero-order valence-corrected chi connectivity index (χ0v) is 32.1. The number of rotatable bonds is 38. The van der Waals surface area contributed by atoms with Crippen LogP contribution < -0.4 is 0 Å². The molecule has 8 heteroatoms. The lowest BCUT2D eigenvalue weighted by molar-refractivity contribution is -0.887. The predicted octanol–water partition coefficient (Wildman–Crippen LogP) is 11.0. The second-order valence-electron chi connectivity index (χ2n) is 14.2. The number of ether oxygens (including phenoxy) is 3. The molecular weight excluding hydrogens is 630 g/mol. The largest absolute Gasteiger partial charge is 0.477 e. The maximum absolute atomic E-state index is 12.8. The molecule has 296 valence electrons. The highest BCUT2D eigenvalue weighted by atomic mass is 16.6. The van der Waals surface area contributed by atoms with Crippen molar-refractivity contribution in [3.8, 4) is 0 Å². The Morgan fingerprint density at radius 1 is 0.560 bits per heavy atom. The van der Waals surface area contributed by atoms with E-state index < -0.39 is 68.5 Å². The van der Waals surface area contributed by atoms with E-state index in [1.807, 2.05) is 0 Å². The third-order valence-electron chi connectivity index (χ3n) is 9.29. The summed E-state index contributed by atoms with van der Waals surface area (Å²) in [4.78, 5) is 37.7. The van der Waals surface area contributed by atoms with Gasteiger partial charge in [-0.1, -0.05) is 168 Å². The molecule has 0 aromatic carbocycles. The van der Waals surface area contributed by atoms with Gasteiger partial charge in [0.2, 0.25) is 0 Å². The van der Waals surface area contributed by atoms with E-state index in [1.54, 1.807) is 0 Å². The summed E-state index contributed by atoms with van der Waals surface area (Å²) in [7, 11) is 0. The fraction of sp³-hybridized carbons (Fsp3) is 0.929. The van der Waals surface area contributed by atoms with Gasteiger partial charge in [-0.3, -0.25) is 9.59 Å². The van der Waals surface area contributed by atoms with Crippen LogP contribution in [-0.4, -0.2) is 80.4 Å². The highest BCUT2D eigenvalue weighted by molar-refractivity contribution is 5.72. The summed E-state index contributed by atoms with van der Waals surface area (Å²) < 4.78 is 84.6. The Morgan fingerprint density at radius 3 is 1.32 bits per heavy atom. The van der Waals surface area contributed by atoms with E-state index in [2.05, 4.69) is 13.8 Å². The monoisotopic (exact) mass is 722 g/mol. The van der Waals surface area contributed by atoms with Crippen LogP contribution in [0.15, 0.2) is 0 Å². The molecule has 50 heavy (non-hydrogen) atoms. The van der Waals surface area contributed by atoms with Crippen LogP contribution >= 0.6 is 0 Å². The van der Waals surface area contributed by atoms with Crippen LogP contribution in [0.4, 0.5) is 0 Å². The Labute approximate surface area is 321 Å². The van der Waals surface area contributed by atoms with Gasteiger partial charge in [0, 0.05) is 19.3 Å². The van der Waals surface area contributed by atoms with E-state index in [1.165, 1.54) is 109 Å². The van der Waals surface area contributed by atoms with Crippen molar-refractivity contribution in [2.45, 2.75) is 212 Å². The van der Waals surface area contributed by atoms with Crippen molar-refractivity contribution < 1.29 is 50.5 Å². The zero-order chi connectivity index (χ0) is 44.6. The fourth-order valence-corrected chi connectivity index (χ4v) is 6.09. The average molecular weight is 722 g/mol. The van der Waals surface area contributed by atoms with Crippen LogP contribution in [0.25, 0.3) is 0 Å². The maximum Gasteiger partial charge on any atom is 0.362 e. The molecular formula is C42H82NO7+. The van der Waals surface area contributed by atoms with Gasteiger partial charge in [0.25, 0.3) is 0 Å². The Bertz CT molecular complexity index is 1050. The number of hydrogen-bond acceptors (Lipinski definition) is 6. The van der Waals surface area contributed by atoms with Crippen molar-refractivity contribution in [3.05, 3.63) is 0 Å². The number of esters is 2. The summed E-state index contributed by atoms with van der Waals surface area (Å²) in [6.45, 7) is -8.11. The van der Waals surface area contributed by atoms with Gasteiger partial charge in [-0.15, -0.1) is 0 Å². The van der Waals surface area contributed by atoms with Crippen LogP contribution in [0.5, 0.6) is 0 Å². The number of nitrogens with zero attached hydrogens (tertiary/aromatic N) is 1. The summed E-state index contributed by atoms with van der Waals surface area (Å²) in [5.41, 5.74) is 0. The lowest BCUT2D eigenvalue weighted by Crippen LogP contribution is -2.50. The molecule has 0 saturated carbocycles. The molecule has 2 atom stereocenters. The van der Waals surface area contributed by atoms with E-state index >= 15 is 0 Å². The number of unbranched alkanes of at least 4 members (excludes halogenated alkanes) is 24. The first-order chi connectivity index (χ1) is 27.9. The Balaban J connectivity index is 5.07. The minimum atomic E-state index is -3.76. The highest BCUT2D eigenvalue weighted by Crippen LogP contribution is 2.15. The van der Waals surface area contributed by atoms with Crippen molar-refractivity contribution in [2.24, 2.45) is 0 Å². The molecule has 0 heterocycles. The summed E-state index contributed by atoms with van der Waals surface area (Å²) in [6.07, 6.45) is 28.6. The van der Waals surface area contributed by atoms with E-state index in [4.69, 9.17) is 26.5 Å². The van der Waals surface area contributed by atoms with Crippen molar-refractivity contribution in [2.75, 3.05) is 40.7 Å². The predicted molar refractivity (Wildman–Crippen MR) is 206 cm³/mol. The van der Waals surface area contributed by atoms with Crippen LogP contribution in [0.2, 0.25) is 0 Å². The minimum absolute atomic E-state index is 0.137. The van der Waals surface area contributed by atoms with Gasteiger partial charge < -0.3 is 23.8 Å². The number of carboxylic acids is 1. The molecule has 1 unspecified atom stereocenters. The van der Waals surface area contributed by atoms with Crippen molar-refractivity contribution in [1.82, 2.24) is 0 Å². The minimum Gasteiger partial charge on any atom is -0.477 e. The molecule has 0 spiro atoms. The molecule has 0 saturated heterocycles. The van der Waals surface area contributed by atoms with Gasteiger partial charge in [-0.05, 0) is 12.8 Å². The first kappa shape index (κ1) is 34.1. The molecule has 0 rings (SSSR count). The molecule has 0 aliphatic rings. The topological polar surface area (TPSA) is 99.1 Å². The van der Waals surface area contributed by atoms with Gasteiger partial charge in [-0.25, -0.2) is 4.79 Å². The summed E-state index contributed by atoms with van der Waals surface area (Å²) in [5.74, 6) is -2.92. The molecule has 0 bridgehead atoms. The third-order valence-corrected chi connectivity index (χ3v) is 9.29. The second kappa shape index (κ2) is 34.4. The standard InChI is InChI=1S/C42H81NO7/c1-6-8-10-12-14-16-18-20-22-24-26-28-30-32-40(44)49-37-38(36-48-35-34-39(42(46)47)43(3,4)5)50-41(45)33-31-29-27-25-23-21-19-17-15-13-11-9-7-2/h38-39H,6-37H2,1-5H3/p+1/t38-,39?/m0/s1/i3D3,4D3,5D3. The molecule has 0 aliphatic carbocycles. The van der Waals surface area contributed by atoms with Crippen LogP contribution in [0.1, 0.15) is 212 Å². The smallest absolute Gasteiger partial charge is 0.362 e.